The normalized spacial score (nSPS) is 21.8. The van der Waals surface area contributed by atoms with Crippen LogP contribution in [0.4, 0.5) is 0 Å². The van der Waals surface area contributed by atoms with Crippen molar-refractivity contribution in [2.24, 2.45) is 5.92 Å². The first-order valence-corrected chi connectivity index (χ1v) is 7.73. The van der Waals surface area contributed by atoms with Crippen LogP contribution in [0.3, 0.4) is 0 Å². The molecule has 1 aromatic carbocycles. The molecule has 2 atom stereocenters. The number of fused-ring (bicyclic) bond motifs is 3. The average Bonchev–Trinajstić information content (AvgIpc) is 2.91. The lowest BCUT2D eigenvalue weighted by Gasteiger charge is -2.41. The van der Waals surface area contributed by atoms with Crippen molar-refractivity contribution in [3.63, 3.8) is 0 Å². The van der Waals surface area contributed by atoms with Crippen LogP contribution < -0.4 is 5.32 Å². The first kappa shape index (κ1) is 15.6. The van der Waals surface area contributed by atoms with Gasteiger partial charge in [-0.25, -0.2) is 0 Å². The number of nitrogens with one attached hydrogen (secondary N) is 2. The monoisotopic (exact) mass is 316 g/mol. The summed E-state index contributed by atoms with van der Waals surface area (Å²) in [5.41, 5.74) is 1.98. The summed E-state index contributed by atoms with van der Waals surface area (Å²) in [6.45, 7) is 0. The van der Waals surface area contributed by atoms with Crippen molar-refractivity contribution in [2.75, 3.05) is 7.05 Å². The van der Waals surface area contributed by atoms with Crippen molar-refractivity contribution in [2.45, 2.75) is 31.2 Å². The molecule has 0 aliphatic heterocycles. The molecule has 0 amide bonds. The van der Waals surface area contributed by atoms with E-state index in [1.807, 2.05) is 24.3 Å². The summed E-state index contributed by atoms with van der Waals surface area (Å²) in [6.07, 6.45) is 1.86. The second kappa shape index (κ2) is 5.70. The molecule has 3 rings (SSSR count). The minimum absolute atomic E-state index is 0.412. The van der Waals surface area contributed by atoms with Gasteiger partial charge in [0.1, 0.15) is 0 Å². The van der Waals surface area contributed by atoms with Crippen molar-refractivity contribution in [3.05, 3.63) is 35.5 Å². The fraction of sp³-hybridized carbons (Fsp3) is 0.412. The number of aromatic amines is 1. The number of aliphatic carboxylic acids is 2. The summed E-state index contributed by atoms with van der Waals surface area (Å²) < 4.78 is 0. The highest BCUT2D eigenvalue weighted by molar-refractivity contribution is 5.86. The Morgan fingerprint density at radius 3 is 2.74 bits per heavy atom. The van der Waals surface area contributed by atoms with Crippen LogP contribution in [0, 0.1) is 5.92 Å². The summed E-state index contributed by atoms with van der Waals surface area (Å²) in [5, 5.41) is 23.0. The number of para-hydroxylation sites is 1. The number of carboxylic acids is 2. The maximum Gasteiger partial charge on any atom is 0.309 e. The molecule has 1 aliphatic rings. The van der Waals surface area contributed by atoms with Crippen LogP contribution in [0.25, 0.3) is 10.9 Å². The number of aryl methyl sites for hydroxylation is 1. The molecular weight excluding hydrogens is 296 g/mol. The Morgan fingerprint density at radius 2 is 2.09 bits per heavy atom. The summed E-state index contributed by atoms with van der Waals surface area (Å²) >= 11 is 0. The van der Waals surface area contributed by atoms with E-state index in [1.165, 1.54) is 0 Å². The van der Waals surface area contributed by atoms with Gasteiger partial charge in [-0.05, 0) is 37.9 Å². The van der Waals surface area contributed by atoms with Gasteiger partial charge >= 0.3 is 11.9 Å². The van der Waals surface area contributed by atoms with Gasteiger partial charge in [0.25, 0.3) is 0 Å². The first-order chi connectivity index (χ1) is 11.0. The smallest absolute Gasteiger partial charge is 0.309 e. The lowest BCUT2D eigenvalue weighted by atomic mass is 9.70. The van der Waals surface area contributed by atoms with Crippen LogP contribution in [0.15, 0.2) is 24.3 Å². The molecule has 4 N–H and O–H groups in total. The maximum absolute atomic E-state index is 11.8. The van der Waals surface area contributed by atoms with Gasteiger partial charge in [0, 0.05) is 16.6 Å². The molecule has 0 saturated heterocycles. The van der Waals surface area contributed by atoms with E-state index < -0.39 is 29.8 Å². The lowest BCUT2D eigenvalue weighted by molar-refractivity contribution is -0.152. The SMILES string of the molecule is CNC1(C(CC(=O)O)C(=O)O)CCCc2c1[nH]c1ccccc21. The maximum atomic E-state index is 11.8. The van der Waals surface area contributed by atoms with Crippen LogP contribution in [-0.4, -0.2) is 34.2 Å². The molecule has 122 valence electrons. The number of carboxylic acid groups (broad SMARTS) is 2. The lowest BCUT2D eigenvalue weighted by Crippen LogP contribution is -2.52. The molecule has 1 aromatic heterocycles. The Kier molecular flexibility index (Phi) is 3.85. The number of H-pyrrole nitrogens is 1. The number of hydrogen-bond donors (Lipinski definition) is 4. The Morgan fingerprint density at radius 1 is 1.35 bits per heavy atom. The van der Waals surface area contributed by atoms with Gasteiger partial charge in [0.2, 0.25) is 0 Å². The topological polar surface area (TPSA) is 102 Å². The van der Waals surface area contributed by atoms with Gasteiger partial charge in [0.05, 0.1) is 17.9 Å². The highest BCUT2D eigenvalue weighted by Crippen LogP contribution is 2.44. The minimum atomic E-state index is -1.10. The van der Waals surface area contributed by atoms with Crippen LogP contribution in [-0.2, 0) is 21.5 Å². The summed E-state index contributed by atoms with van der Waals surface area (Å²) in [7, 11) is 1.71. The Hall–Kier alpha value is -2.34. The van der Waals surface area contributed by atoms with Gasteiger partial charge < -0.3 is 20.5 Å². The van der Waals surface area contributed by atoms with E-state index in [2.05, 4.69) is 10.3 Å². The van der Waals surface area contributed by atoms with E-state index in [9.17, 15) is 14.7 Å². The Bertz CT molecular complexity index is 767. The first-order valence-electron chi connectivity index (χ1n) is 7.73. The molecule has 0 radical (unpaired) electrons. The van der Waals surface area contributed by atoms with E-state index in [1.54, 1.807) is 7.05 Å². The highest BCUT2D eigenvalue weighted by atomic mass is 16.4. The van der Waals surface area contributed by atoms with Crippen LogP contribution in [0.2, 0.25) is 0 Å². The largest absolute Gasteiger partial charge is 0.481 e. The van der Waals surface area contributed by atoms with E-state index >= 15 is 0 Å². The molecule has 2 unspecified atom stereocenters. The number of benzene rings is 1. The number of aromatic nitrogens is 1. The molecule has 6 heteroatoms. The van der Waals surface area contributed by atoms with E-state index in [-0.39, 0.29) is 0 Å². The quantitative estimate of drug-likeness (QED) is 0.676. The van der Waals surface area contributed by atoms with E-state index in [4.69, 9.17) is 5.11 Å². The van der Waals surface area contributed by atoms with Crippen LogP contribution in [0.1, 0.15) is 30.5 Å². The number of rotatable bonds is 5. The second-order valence-electron chi connectivity index (χ2n) is 6.09. The van der Waals surface area contributed by atoms with Gasteiger partial charge in [-0.15, -0.1) is 0 Å². The van der Waals surface area contributed by atoms with Crippen molar-refractivity contribution in [1.29, 1.82) is 0 Å². The van der Waals surface area contributed by atoms with Gasteiger partial charge in [0.15, 0.2) is 0 Å². The fourth-order valence-corrected chi connectivity index (χ4v) is 3.93. The number of hydrogen-bond acceptors (Lipinski definition) is 3. The molecule has 0 spiro atoms. The average molecular weight is 316 g/mol. The zero-order valence-electron chi connectivity index (χ0n) is 12.9. The molecule has 1 aliphatic carbocycles. The zero-order chi connectivity index (χ0) is 16.6. The number of carbonyl (C=O) groups is 2. The van der Waals surface area contributed by atoms with Crippen molar-refractivity contribution in [3.8, 4) is 0 Å². The molecule has 0 fully saturated rings. The third kappa shape index (κ3) is 2.39. The van der Waals surface area contributed by atoms with Crippen LogP contribution in [0.5, 0.6) is 0 Å². The van der Waals surface area contributed by atoms with Gasteiger partial charge in [-0.1, -0.05) is 18.2 Å². The third-order valence-corrected chi connectivity index (χ3v) is 4.98. The summed E-state index contributed by atoms with van der Waals surface area (Å²) in [5.74, 6) is -3.22. The highest BCUT2D eigenvalue weighted by Gasteiger charge is 2.48. The summed E-state index contributed by atoms with van der Waals surface area (Å²) in [4.78, 5) is 26.4. The predicted molar refractivity (Wildman–Crippen MR) is 85.4 cm³/mol. The third-order valence-electron chi connectivity index (χ3n) is 4.98. The Balaban J connectivity index is 2.21. The van der Waals surface area contributed by atoms with Crippen LogP contribution >= 0.6 is 0 Å². The predicted octanol–water partition coefficient (Wildman–Crippen LogP) is 2.09. The molecule has 0 bridgehead atoms. The molecule has 2 aromatic rings. The van der Waals surface area contributed by atoms with Gasteiger partial charge in [-0.3, -0.25) is 9.59 Å². The van der Waals surface area contributed by atoms with Crippen molar-refractivity contribution < 1.29 is 19.8 Å². The minimum Gasteiger partial charge on any atom is -0.481 e. The zero-order valence-corrected chi connectivity index (χ0v) is 12.9. The van der Waals surface area contributed by atoms with E-state index in [0.717, 1.165) is 35.0 Å². The molecule has 0 saturated carbocycles. The standard InChI is InChI=1S/C17H20N2O4/c1-18-17(12(16(22)23)9-14(20)21)8-4-6-11-10-5-2-3-7-13(10)19-15(11)17/h2-3,5,7,12,18-19H,4,6,8-9H2,1H3,(H,20,21)(H,22,23). The summed E-state index contributed by atoms with van der Waals surface area (Å²) in [6, 6.07) is 7.86. The Labute approximate surface area is 133 Å². The van der Waals surface area contributed by atoms with Crippen molar-refractivity contribution >= 4 is 22.8 Å². The second-order valence-corrected chi connectivity index (χ2v) is 6.09. The molecule has 6 nitrogen and oxygen atoms in total. The van der Waals surface area contributed by atoms with Gasteiger partial charge in [-0.2, -0.15) is 0 Å². The molecule has 23 heavy (non-hydrogen) atoms. The molecular formula is C17H20N2O4. The molecule has 1 heterocycles. The van der Waals surface area contributed by atoms with Crippen molar-refractivity contribution in [1.82, 2.24) is 10.3 Å². The van der Waals surface area contributed by atoms with E-state index in [0.29, 0.717) is 6.42 Å². The fourth-order valence-electron chi connectivity index (χ4n) is 3.93.